The Kier molecular flexibility index (Phi) is 4.53. The fourth-order valence-corrected chi connectivity index (χ4v) is 2.60. The number of halogens is 1. The van der Waals surface area contributed by atoms with Crippen molar-refractivity contribution in [3.05, 3.63) is 70.9 Å². The first-order valence-corrected chi connectivity index (χ1v) is 7.78. The number of fused-ring (bicyclic) bond motifs is 1. The summed E-state index contributed by atoms with van der Waals surface area (Å²) >= 11 is 5.97. The Labute approximate surface area is 145 Å². The second-order valence-electron chi connectivity index (χ2n) is 5.31. The van der Waals surface area contributed by atoms with Crippen LogP contribution in [0, 0.1) is 12.3 Å². The number of nitrogens with zero attached hydrogens (tertiary/aromatic N) is 3. The molecule has 0 unspecified atom stereocenters. The Morgan fingerprint density at radius 3 is 2.79 bits per heavy atom. The molecule has 0 aliphatic rings. The number of pyridine rings is 3. The van der Waals surface area contributed by atoms with Gasteiger partial charge in [0.1, 0.15) is 5.15 Å². The number of nitrogens with one attached hydrogen (secondary N) is 2. The highest BCUT2D eigenvalue weighted by Crippen LogP contribution is 2.23. The van der Waals surface area contributed by atoms with E-state index in [2.05, 4.69) is 20.3 Å². The van der Waals surface area contributed by atoms with E-state index in [0.29, 0.717) is 22.0 Å². The van der Waals surface area contributed by atoms with Crippen molar-refractivity contribution in [3.8, 4) is 0 Å². The van der Waals surface area contributed by atoms with Crippen molar-refractivity contribution >= 4 is 33.9 Å². The van der Waals surface area contributed by atoms with E-state index in [1.54, 1.807) is 37.9 Å². The van der Waals surface area contributed by atoms with Gasteiger partial charge in [-0.25, -0.2) is 4.98 Å². The fraction of sp³-hybridized carbons (Fsp3) is 0.111. The Morgan fingerprint density at radius 2 is 2.04 bits per heavy atom. The van der Waals surface area contributed by atoms with Gasteiger partial charge in [-0.2, -0.15) is 0 Å². The number of hydrogen-bond acceptors (Lipinski definition) is 5. The molecule has 3 heterocycles. The van der Waals surface area contributed by atoms with Crippen LogP contribution in [0.4, 0.5) is 0 Å². The quantitative estimate of drug-likeness (QED) is 0.563. The molecule has 2 N–H and O–H groups in total. The summed E-state index contributed by atoms with van der Waals surface area (Å²) in [6.45, 7) is 1.96. The van der Waals surface area contributed by atoms with Crippen molar-refractivity contribution < 1.29 is 0 Å². The summed E-state index contributed by atoms with van der Waals surface area (Å²) in [4.78, 5) is 12.9. The smallest absolute Gasteiger partial charge is 0.129 e. The van der Waals surface area contributed by atoms with E-state index >= 15 is 0 Å². The van der Waals surface area contributed by atoms with Crippen LogP contribution in [0.1, 0.15) is 16.7 Å². The molecule has 0 saturated carbocycles. The van der Waals surface area contributed by atoms with Crippen LogP contribution in [-0.4, -0.2) is 27.7 Å². The Bertz CT molecular complexity index is 949. The van der Waals surface area contributed by atoms with Gasteiger partial charge in [0.05, 0.1) is 16.7 Å². The Balaban J connectivity index is 2.10. The van der Waals surface area contributed by atoms with Gasteiger partial charge >= 0.3 is 0 Å². The molecule has 3 aromatic rings. The number of allylic oxidation sites excluding steroid dienone is 1. The molecule has 0 saturated heterocycles. The van der Waals surface area contributed by atoms with Crippen molar-refractivity contribution in [2.45, 2.75) is 6.92 Å². The van der Waals surface area contributed by atoms with Crippen molar-refractivity contribution in [1.82, 2.24) is 20.3 Å². The zero-order valence-electron chi connectivity index (χ0n) is 13.3. The predicted molar refractivity (Wildman–Crippen MR) is 97.4 cm³/mol. The normalized spacial score (nSPS) is 11.5. The minimum Gasteiger partial charge on any atom is -0.393 e. The summed E-state index contributed by atoms with van der Waals surface area (Å²) in [5.41, 5.74) is 5.10. The van der Waals surface area contributed by atoms with E-state index in [1.807, 2.05) is 25.1 Å². The van der Waals surface area contributed by atoms with Gasteiger partial charge in [-0.05, 0) is 36.8 Å². The molecule has 0 aromatic carbocycles. The molecule has 3 aromatic heterocycles. The predicted octanol–water partition coefficient (Wildman–Crippen LogP) is 3.61. The van der Waals surface area contributed by atoms with Crippen LogP contribution in [0.2, 0.25) is 5.15 Å². The lowest BCUT2D eigenvalue weighted by molar-refractivity contribution is 1.11. The molecule has 0 aliphatic carbocycles. The fourth-order valence-electron chi connectivity index (χ4n) is 2.44. The number of hydrogen-bond donors (Lipinski definition) is 2. The molecule has 0 bridgehead atoms. The summed E-state index contributed by atoms with van der Waals surface area (Å²) in [6, 6.07) is 7.31. The summed E-state index contributed by atoms with van der Waals surface area (Å²) in [5.74, 6) is 0. The van der Waals surface area contributed by atoms with E-state index in [4.69, 9.17) is 17.0 Å². The van der Waals surface area contributed by atoms with Crippen LogP contribution in [0.3, 0.4) is 0 Å². The third-order valence-corrected chi connectivity index (χ3v) is 3.89. The second kappa shape index (κ2) is 6.76. The van der Waals surface area contributed by atoms with Crippen LogP contribution < -0.4 is 5.32 Å². The third kappa shape index (κ3) is 3.12. The van der Waals surface area contributed by atoms with Gasteiger partial charge in [0.25, 0.3) is 0 Å². The van der Waals surface area contributed by atoms with Gasteiger partial charge in [-0.3, -0.25) is 15.4 Å². The van der Waals surface area contributed by atoms with Gasteiger partial charge in [-0.15, -0.1) is 0 Å². The van der Waals surface area contributed by atoms with Crippen LogP contribution in [0.5, 0.6) is 0 Å². The van der Waals surface area contributed by atoms with Gasteiger partial charge in [0.2, 0.25) is 0 Å². The first-order chi connectivity index (χ1) is 11.6. The SMILES string of the molecule is CN/C=C(\C(=N)c1cnccc1C)c1cnc2ccc(Cl)nc2c1. The van der Waals surface area contributed by atoms with Crippen molar-refractivity contribution in [3.63, 3.8) is 0 Å². The van der Waals surface area contributed by atoms with Gasteiger partial charge in [0.15, 0.2) is 0 Å². The summed E-state index contributed by atoms with van der Waals surface area (Å²) in [6.07, 6.45) is 6.94. The van der Waals surface area contributed by atoms with Crippen molar-refractivity contribution in [2.75, 3.05) is 7.05 Å². The highest BCUT2D eigenvalue weighted by Gasteiger charge is 2.14. The topological polar surface area (TPSA) is 74.6 Å². The van der Waals surface area contributed by atoms with Gasteiger partial charge in [0, 0.05) is 48.5 Å². The molecule has 0 amide bonds. The maximum absolute atomic E-state index is 8.60. The highest BCUT2D eigenvalue weighted by molar-refractivity contribution is 6.31. The molecule has 0 atom stereocenters. The standard InChI is InChI=1S/C18H16ClN5/c1-11-5-6-22-10-13(11)18(20)14(9-21-2)12-7-16-15(23-8-12)3-4-17(19)24-16/h3-10,20-21H,1-2H3/b14-9-,20-18?. The molecule has 24 heavy (non-hydrogen) atoms. The number of aryl methyl sites for hydroxylation is 1. The zero-order valence-corrected chi connectivity index (χ0v) is 14.1. The van der Waals surface area contributed by atoms with E-state index in [0.717, 1.165) is 22.2 Å². The summed E-state index contributed by atoms with van der Waals surface area (Å²) < 4.78 is 0. The molecule has 120 valence electrons. The lowest BCUT2D eigenvalue weighted by atomic mass is 9.96. The molecule has 6 heteroatoms. The Morgan fingerprint density at radius 1 is 1.21 bits per heavy atom. The minimum absolute atomic E-state index is 0.373. The maximum atomic E-state index is 8.60. The molecule has 5 nitrogen and oxygen atoms in total. The second-order valence-corrected chi connectivity index (χ2v) is 5.70. The lowest BCUT2D eigenvalue weighted by Crippen LogP contribution is -2.09. The molecular formula is C18H16ClN5. The molecule has 3 rings (SSSR count). The Hall–Kier alpha value is -2.79. The number of rotatable bonds is 4. The zero-order chi connectivity index (χ0) is 17.1. The summed E-state index contributed by atoms with van der Waals surface area (Å²) in [5, 5.41) is 12.0. The third-order valence-electron chi connectivity index (χ3n) is 3.68. The molecule has 0 fully saturated rings. The van der Waals surface area contributed by atoms with Crippen molar-refractivity contribution in [2.24, 2.45) is 0 Å². The first kappa shape index (κ1) is 16.1. The molecule has 0 radical (unpaired) electrons. The monoisotopic (exact) mass is 337 g/mol. The van der Waals surface area contributed by atoms with Gasteiger partial charge < -0.3 is 5.32 Å². The van der Waals surface area contributed by atoms with Crippen LogP contribution in [0.15, 0.2) is 49.1 Å². The van der Waals surface area contributed by atoms with E-state index in [-0.39, 0.29) is 0 Å². The highest BCUT2D eigenvalue weighted by atomic mass is 35.5. The maximum Gasteiger partial charge on any atom is 0.129 e. The van der Waals surface area contributed by atoms with Crippen LogP contribution in [-0.2, 0) is 0 Å². The largest absolute Gasteiger partial charge is 0.393 e. The lowest BCUT2D eigenvalue weighted by Gasteiger charge is -2.12. The number of aromatic nitrogens is 3. The first-order valence-electron chi connectivity index (χ1n) is 7.40. The van der Waals surface area contributed by atoms with Gasteiger partial charge in [-0.1, -0.05) is 11.6 Å². The average Bonchev–Trinajstić information content (AvgIpc) is 2.59. The average molecular weight is 338 g/mol. The minimum atomic E-state index is 0.373. The molecule has 0 spiro atoms. The van der Waals surface area contributed by atoms with E-state index in [9.17, 15) is 0 Å². The van der Waals surface area contributed by atoms with Crippen molar-refractivity contribution in [1.29, 1.82) is 5.41 Å². The molecule has 0 aliphatic heterocycles. The van der Waals surface area contributed by atoms with Crippen LogP contribution in [0.25, 0.3) is 16.6 Å². The molecular weight excluding hydrogens is 322 g/mol. The van der Waals surface area contributed by atoms with Crippen LogP contribution >= 0.6 is 11.6 Å². The summed E-state index contributed by atoms with van der Waals surface area (Å²) in [7, 11) is 1.80. The van der Waals surface area contributed by atoms with E-state index in [1.165, 1.54) is 0 Å². The van der Waals surface area contributed by atoms with E-state index < -0.39 is 0 Å².